The molecule has 1 N–H and O–H groups in total. The Balaban J connectivity index is 2.06. The van der Waals surface area contributed by atoms with Crippen molar-refractivity contribution in [3.63, 3.8) is 0 Å². The maximum atomic E-state index is 12.3. The van der Waals surface area contributed by atoms with Crippen LogP contribution in [0.2, 0.25) is 0 Å². The summed E-state index contributed by atoms with van der Waals surface area (Å²) in [5.74, 6) is -2.12. The fraction of sp³-hybridized carbons (Fsp3) is 0.318. The summed E-state index contributed by atoms with van der Waals surface area (Å²) in [6.07, 6.45) is 0.298. The van der Waals surface area contributed by atoms with Crippen LogP contribution in [0.3, 0.4) is 0 Å². The van der Waals surface area contributed by atoms with Crippen molar-refractivity contribution in [2.45, 2.75) is 32.4 Å². The number of nitrogens with one attached hydrogen (secondary N) is 1. The van der Waals surface area contributed by atoms with E-state index in [1.54, 1.807) is 0 Å². The van der Waals surface area contributed by atoms with Gasteiger partial charge in [-0.25, -0.2) is 4.79 Å². The minimum atomic E-state index is -1.09. The average Bonchev–Trinajstić information content (AvgIpc) is 2.71. The Labute approximate surface area is 164 Å². The highest BCUT2D eigenvalue weighted by Crippen LogP contribution is 2.16. The number of ketones is 1. The molecule has 2 aromatic carbocycles. The van der Waals surface area contributed by atoms with Crippen molar-refractivity contribution < 1.29 is 23.9 Å². The quantitative estimate of drug-likeness (QED) is 0.531. The van der Waals surface area contributed by atoms with Gasteiger partial charge in [0.15, 0.2) is 0 Å². The highest BCUT2D eigenvalue weighted by atomic mass is 16.5. The highest BCUT2D eigenvalue weighted by Gasteiger charge is 2.34. The molecule has 6 heteroatoms. The lowest BCUT2D eigenvalue weighted by Gasteiger charge is -2.24. The van der Waals surface area contributed by atoms with Crippen molar-refractivity contribution in [1.82, 2.24) is 5.32 Å². The van der Waals surface area contributed by atoms with Crippen molar-refractivity contribution in [1.29, 1.82) is 0 Å². The van der Waals surface area contributed by atoms with Gasteiger partial charge in [-0.15, -0.1) is 0 Å². The van der Waals surface area contributed by atoms with E-state index in [4.69, 9.17) is 9.47 Å². The fourth-order valence-electron chi connectivity index (χ4n) is 2.95. The van der Waals surface area contributed by atoms with Crippen LogP contribution in [0.25, 0.3) is 0 Å². The molecule has 0 aliphatic heterocycles. The monoisotopic (exact) mass is 383 g/mol. The molecule has 0 heterocycles. The van der Waals surface area contributed by atoms with E-state index in [-0.39, 0.29) is 12.4 Å². The molecule has 1 unspecified atom stereocenters. The topological polar surface area (TPSA) is 81.7 Å². The Kier molecular flexibility index (Phi) is 8.21. The number of rotatable bonds is 9. The summed E-state index contributed by atoms with van der Waals surface area (Å²) < 4.78 is 10.0. The van der Waals surface area contributed by atoms with Gasteiger partial charge in [-0.3, -0.25) is 9.59 Å². The number of benzene rings is 2. The van der Waals surface area contributed by atoms with Crippen molar-refractivity contribution in [3.8, 4) is 0 Å². The molecule has 0 radical (unpaired) electrons. The normalized spacial score (nSPS) is 12.5. The number of hydrogen-bond donors (Lipinski definition) is 1. The number of hydrogen-bond acceptors (Lipinski definition) is 5. The zero-order valence-corrected chi connectivity index (χ0v) is 16.1. The number of alkyl carbamates (subject to hydrolysis) is 1. The molecule has 0 fully saturated rings. The number of esters is 1. The van der Waals surface area contributed by atoms with E-state index in [2.05, 4.69) is 5.32 Å². The van der Waals surface area contributed by atoms with Gasteiger partial charge in [0.25, 0.3) is 0 Å². The van der Waals surface area contributed by atoms with E-state index in [9.17, 15) is 14.4 Å². The number of Topliss-reactive ketones (excluding diaryl/α,β-unsaturated/α-hetero) is 1. The number of aryl methyl sites for hydroxylation is 1. The Bertz CT molecular complexity index is 776. The lowest BCUT2D eigenvalue weighted by Crippen LogP contribution is -2.47. The predicted molar refractivity (Wildman–Crippen MR) is 105 cm³/mol. The summed E-state index contributed by atoms with van der Waals surface area (Å²) in [6, 6.07) is 18.2. The highest BCUT2D eigenvalue weighted by molar-refractivity contribution is 5.98. The van der Waals surface area contributed by atoms with Gasteiger partial charge in [-0.1, -0.05) is 60.7 Å². The summed E-state index contributed by atoms with van der Waals surface area (Å²) in [6.45, 7) is 1.41. The number of methoxy groups -OCH3 is 1. The van der Waals surface area contributed by atoms with E-state index in [0.717, 1.165) is 11.1 Å². The first kappa shape index (κ1) is 21.2. The maximum Gasteiger partial charge on any atom is 0.407 e. The van der Waals surface area contributed by atoms with Crippen LogP contribution in [0.1, 0.15) is 24.5 Å². The first-order valence-electron chi connectivity index (χ1n) is 9.10. The van der Waals surface area contributed by atoms with Crippen LogP contribution in [0.15, 0.2) is 60.7 Å². The zero-order chi connectivity index (χ0) is 20.4. The van der Waals surface area contributed by atoms with Crippen LogP contribution in [0.4, 0.5) is 4.79 Å². The van der Waals surface area contributed by atoms with Gasteiger partial charge in [0.1, 0.15) is 18.3 Å². The van der Waals surface area contributed by atoms with E-state index in [1.807, 2.05) is 60.7 Å². The second kappa shape index (κ2) is 10.9. The van der Waals surface area contributed by atoms with Gasteiger partial charge in [0.05, 0.1) is 13.2 Å². The average molecular weight is 383 g/mol. The van der Waals surface area contributed by atoms with Gasteiger partial charge < -0.3 is 14.8 Å². The first-order valence-corrected chi connectivity index (χ1v) is 9.10. The molecule has 2 atom stereocenters. The van der Waals surface area contributed by atoms with Gasteiger partial charge in [-0.2, -0.15) is 0 Å². The Morgan fingerprint density at radius 3 is 2.04 bits per heavy atom. The number of carbonyl (C=O) groups excluding carboxylic acids is 3. The smallest absolute Gasteiger partial charge is 0.407 e. The van der Waals surface area contributed by atoms with E-state index in [0.29, 0.717) is 12.8 Å². The third-order valence-corrected chi connectivity index (χ3v) is 4.40. The maximum absolute atomic E-state index is 12.3. The van der Waals surface area contributed by atoms with Crippen LogP contribution in [-0.2, 0) is 32.1 Å². The lowest BCUT2D eigenvalue weighted by atomic mass is 9.91. The molecule has 0 aliphatic rings. The van der Waals surface area contributed by atoms with Crippen LogP contribution in [0, 0.1) is 5.92 Å². The van der Waals surface area contributed by atoms with E-state index in [1.165, 1.54) is 14.0 Å². The molecule has 0 bridgehead atoms. The van der Waals surface area contributed by atoms with Gasteiger partial charge in [0, 0.05) is 0 Å². The Morgan fingerprint density at radius 2 is 1.50 bits per heavy atom. The summed E-state index contributed by atoms with van der Waals surface area (Å²) in [5, 5.41) is 2.67. The third-order valence-electron chi connectivity index (χ3n) is 4.40. The zero-order valence-electron chi connectivity index (χ0n) is 16.1. The minimum Gasteiger partial charge on any atom is -0.468 e. The Morgan fingerprint density at radius 1 is 0.929 bits per heavy atom. The fourth-order valence-corrected chi connectivity index (χ4v) is 2.95. The molecule has 28 heavy (non-hydrogen) atoms. The number of amides is 1. The standard InChI is InChI=1S/C22H25NO5/c1-16(24)20(21(25)27-2)19(14-13-17-9-5-3-6-10-17)23-22(26)28-15-18-11-7-4-8-12-18/h3-12,19-20H,13-15H2,1-2H3,(H,23,26)/t19-,20?/m0/s1. The largest absolute Gasteiger partial charge is 0.468 e. The summed E-state index contributed by atoms with van der Waals surface area (Å²) in [7, 11) is 1.22. The first-order chi connectivity index (χ1) is 13.5. The summed E-state index contributed by atoms with van der Waals surface area (Å²) >= 11 is 0. The minimum absolute atomic E-state index is 0.0983. The van der Waals surface area contributed by atoms with Crippen LogP contribution in [-0.4, -0.2) is 31.0 Å². The number of carbonyl (C=O) groups is 3. The van der Waals surface area contributed by atoms with Crippen molar-refractivity contribution in [3.05, 3.63) is 71.8 Å². The molecular formula is C22H25NO5. The summed E-state index contributed by atoms with van der Waals surface area (Å²) in [5.41, 5.74) is 1.88. The third kappa shape index (κ3) is 6.54. The lowest BCUT2D eigenvalue weighted by molar-refractivity contribution is -0.150. The van der Waals surface area contributed by atoms with Crippen LogP contribution >= 0.6 is 0 Å². The summed E-state index contributed by atoms with van der Waals surface area (Å²) in [4.78, 5) is 36.5. The molecule has 0 aromatic heterocycles. The van der Waals surface area contributed by atoms with Gasteiger partial charge in [-0.05, 0) is 30.9 Å². The molecule has 1 amide bonds. The van der Waals surface area contributed by atoms with Gasteiger partial charge >= 0.3 is 12.1 Å². The molecule has 2 rings (SSSR count). The van der Waals surface area contributed by atoms with Crippen LogP contribution < -0.4 is 5.32 Å². The van der Waals surface area contributed by atoms with E-state index >= 15 is 0 Å². The molecular weight excluding hydrogens is 358 g/mol. The SMILES string of the molecule is COC(=O)C(C(C)=O)[C@H](CCc1ccccc1)NC(=O)OCc1ccccc1. The molecule has 0 aliphatic carbocycles. The Hall–Kier alpha value is -3.15. The second-order valence-electron chi connectivity index (χ2n) is 6.45. The van der Waals surface area contributed by atoms with E-state index < -0.39 is 24.0 Å². The molecule has 0 saturated heterocycles. The molecule has 148 valence electrons. The predicted octanol–water partition coefficient (Wildman–Crippen LogP) is 3.29. The number of ether oxygens (including phenoxy) is 2. The molecule has 0 saturated carbocycles. The molecule has 6 nitrogen and oxygen atoms in total. The van der Waals surface area contributed by atoms with Gasteiger partial charge in [0.2, 0.25) is 0 Å². The second-order valence-corrected chi connectivity index (χ2v) is 6.45. The van der Waals surface area contributed by atoms with Crippen LogP contribution in [0.5, 0.6) is 0 Å². The van der Waals surface area contributed by atoms with Crippen molar-refractivity contribution >= 4 is 17.8 Å². The van der Waals surface area contributed by atoms with Crippen molar-refractivity contribution in [2.24, 2.45) is 5.92 Å². The molecule has 0 spiro atoms. The molecule has 2 aromatic rings. The van der Waals surface area contributed by atoms with Crippen molar-refractivity contribution in [2.75, 3.05) is 7.11 Å².